The van der Waals surface area contributed by atoms with Crippen LogP contribution in [0.4, 0.5) is 22.0 Å². The standard InChI is InChI=1S/C22H20F5N3O4/c1-12(2)10-28-19(31)29(11-13-14(22(25,26)27)6-4-7-15(13)23)21(33)30(20(28)32)16-8-5-9-17(34-3)18(16)24/h4-9,12H,10-11H2,1-3H3. The number of hydrogen-bond donors (Lipinski definition) is 0. The molecule has 0 bridgehead atoms. The van der Waals surface area contributed by atoms with Crippen LogP contribution in [0, 0.1) is 17.6 Å². The average molecular weight is 485 g/mol. The van der Waals surface area contributed by atoms with Gasteiger partial charge in [0, 0.05) is 12.1 Å². The first-order valence-corrected chi connectivity index (χ1v) is 10.0. The van der Waals surface area contributed by atoms with Gasteiger partial charge >= 0.3 is 23.2 Å². The SMILES string of the molecule is COc1cccc(-n2c(=O)n(Cc3c(F)cccc3C(F)(F)F)c(=O)n(CC(C)C)c2=O)c1F. The van der Waals surface area contributed by atoms with Crippen molar-refractivity contribution in [1.82, 2.24) is 13.7 Å². The van der Waals surface area contributed by atoms with Crippen molar-refractivity contribution in [3.8, 4) is 11.4 Å². The van der Waals surface area contributed by atoms with Crippen LogP contribution < -0.4 is 21.8 Å². The summed E-state index contributed by atoms with van der Waals surface area (Å²) in [6, 6.07) is 5.77. The van der Waals surface area contributed by atoms with Crippen LogP contribution in [0.1, 0.15) is 25.0 Å². The zero-order valence-electron chi connectivity index (χ0n) is 18.3. The first-order chi connectivity index (χ1) is 15.9. The highest BCUT2D eigenvalue weighted by Gasteiger charge is 2.35. The maximum atomic E-state index is 14.9. The summed E-state index contributed by atoms with van der Waals surface area (Å²) in [6.45, 7) is 1.93. The van der Waals surface area contributed by atoms with Crippen molar-refractivity contribution >= 4 is 0 Å². The Morgan fingerprint density at radius 2 is 1.53 bits per heavy atom. The number of methoxy groups -OCH3 is 1. The number of ether oxygens (including phenoxy) is 1. The molecule has 1 heterocycles. The molecule has 12 heteroatoms. The summed E-state index contributed by atoms with van der Waals surface area (Å²) < 4.78 is 75.8. The number of rotatable bonds is 6. The van der Waals surface area contributed by atoms with Gasteiger partial charge in [0.25, 0.3) is 0 Å². The third kappa shape index (κ3) is 4.52. The van der Waals surface area contributed by atoms with Crippen LogP contribution in [0.15, 0.2) is 50.8 Å². The van der Waals surface area contributed by atoms with Crippen molar-refractivity contribution in [3.63, 3.8) is 0 Å². The summed E-state index contributed by atoms with van der Waals surface area (Å²) in [4.78, 5) is 39.2. The van der Waals surface area contributed by atoms with E-state index in [0.717, 1.165) is 25.3 Å². The van der Waals surface area contributed by atoms with Crippen molar-refractivity contribution in [2.24, 2.45) is 5.92 Å². The maximum Gasteiger partial charge on any atom is 0.416 e. The van der Waals surface area contributed by atoms with Crippen molar-refractivity contribution in [1.29, 1.82) is 0 Å². The molecule has 3 rings (SSSR count). The molecule has 0 aliphatic rings. The Kier molecular flexibility index (Phi) is 6.80. The Balaban J connectivity index is 2.40. The van der Waals surface area contributed by atoms with Crippen LogP contribution in [0.2, 0.25) is 0 Å². The van der Waals surface area contributed by atoms with E-state index >= 15 is 0 Å². The van der Waals surface area contributed by atoms with Gasteiger partial charge in [-0.05, 0) is 30.2 Å². The summed E-state index contributed by atoms with van der Waals surface area (Å²) in [5, 5.41) is 0. The van der Waals surface area contributed by atoms with Crippen LogP contribution in [0.25, 0.3) is 5.69 Å². The van der Waals surface area contributed by atoms with Gasteiger partial charge in [0.2, 0.25) is 0 Å². The quantitative estimate of drug-likeness (QED) is 0.503. The molecule has 182 valence electrons. The summed E-state index contributed by atoms with van der Waals surface area (Å²) in [5.41, 5.74) is -6.82. The van der Waals surface area contributed by atoms with Crippen LogP contribution >= 0.6 is 0 Å². The maximum absolute atomic E-state index is 14.9. The zero-order valence-corrected chi connectivity index (χ0v) is 18.3. The number of nitrogens with zero attached hydrogens (tertiary/aromatic N) is 3. The lowest BCUT2D eigenvalue weighted by molar-refractivity contribution is -0.138. The van der Waals surface area contributed by atoms with E-state index in [4.69, 9.17) is 4.74 Å². The van der Waals surface area contributed by atoms with E-state index in [9.17, 15) is 36.3 Å². The highest BCUT2D eigenvalue weighted by molar-refractivity contribution is 5.41. The van der Waals surface area contributed by atoms with Gasteiger partial charge in [-0.2, -0.15) is 13.2 Å². The Morgan fingerprint density at radius 1 is 0.912 bits per heavy atom. The summed E-state index contributed by atoms with van der Waals surface area (Å²) >= 11 is 0. The van der Waals surface area contributed by atoms with Gasteiger partial charge in [0.05, 0.1) is 24.9 Å². The fourth-order valence-corrected chi connectivity index (χ4v) is 3.47. The molecule has 7 nitrogen and oxygen atoms in total. The zero-order chi connectivity index (χ0) is 25.4. The van der Waals surface area contributed by atoms with Crippen molar-refractivity contribution < 1.29 is 26.7 Å². The summed E-state index contributed by atoms with van der Waals surface area (Å²) in [6.07, 6.45) is -4.98. The van der Waals surface area contributed by atoms with Gasteiger partial charge in [0.1, 0.15) is 5.82 Å². The Hall–Kier alpha value is -3.70. The van der Waals surface area contributed by atoms with Gasteiger partial charge in [0.15, 0.2) is 11.6 Å². The van der Waals surface area contributed by atoms with Gasteiger partial charge in [-0.15, -0.1) is 0 Å². The highest BCUT2D eigenvalue weighted by Crippen LogP contribution is 2.33. The van der Waals surface area contributed by atoms with Gasteiger partial charge < -0.3 is 4.74 Å². The largest absolute Gasteiger partial charge is 0.494 e. The predicted molar refractivity (Wildman–Crippen MR) is 112 cm³/mol. The lowest BCUT2D eigenvalue weighted by atomic mass is 10.1. The molecule has 0 amide bonds. The molecule has 0 aliphatic heterocycles. The molecule has 0 fully saturated rings. The lowest BCUT2D eigenvalue weighted by Crippen LogP contribution is -2.54. The molecule has 0 spiro atoms. The molecular weight excluding hydrogens is 465 g/mol. The van der Waals surface area contributed by atoms with E-state index in [1.807, 2.05) is 0 Å². The number of halogens is 5. The van der Waals surface area contributed by atoms with Gasteiger partial charge in [-0.3, -0.25) is 0 Å². The topological polar surface area (TPSA) is 75.2 Å². The van der Waals surface area contributed by atoms with Crippen molar-refractivity contribution in [2.45, 2.75) is 33.1 Å². The molecule has 0 radical (unpaired) electrons. The summed E-state index contributed by atoms with van der Waals surface area (Å²) in [5.74, 6) is -3.03. The molecular formula is C22H20F5N3O4. The van der Waals surface area contributed by atoms with Crippen LogP contribution in [-0.4, -0.2) is 20.8 Å². The van der Waals surface area contributed by atoms with E-state index in [1.54, 1.807) is 13.8 Å². The minimum Gasteiger partial charge on any atom is -0.494 e. The van der Waals surface area contributed by atoms with E-state index in [-0.39, 0.29) is 22.8 Å². The molecule has 0 atom stereocenters. The molecule has 2 aromatic carbocycles. The minimum atomic E-state index is -4.98. The smallest absolute Gasteiger partial charge is 0.416 e. The van der Waals surface area contributed by atoms with E-state index in [0.29, 0.717) is 15.2 Å². The molecule has 0 saturated heterocycles. The van der Waals surface area contributed by atoms with E-state index < -0.39 is 58.2 Å². The molecule has 34 heavy (non-hydrogen) atoms. The summed E-state index contributed by atoms with van der Waals surface area (Å²) in [7, 11) is 1.15. The molecule has 0 aliphatic carbocycles. The Labute approximate surface area is 189 Å². The first kappa shape index (κ1) is 24.9. The van der Waals surface area contributed by atoms with E-state index in [1.165, 1.54) is 12.1 Å². The number of benzene rings is 2. The second-order valence-electron chi connectivity index (χ2n) is 7.83. The number of aromatic nitrogens is 3. The normalized spacial score (nSPS) is 11.8. The molecule has 0 saturated carbocycles. The lowest BCUT2D eigenvalue weighted by Gasteiger charge is -2.18. The number of alkyl halides is 3. The predicted octanol–water partition coefficient (Wildman–Crippen LogP) is 3.17. The monoisotopic (exact) mass is 485 g/mol. The number of hydrogen-bond acceptors (Lipinski definition) is 4. The second-order valence-corrected chi connectivity index (χ2v) is 7.83. The van der Waals surface area contributed by atoms with E-state index in [2.05, 4.69) is 0 Å². The van der Waals surface area contributed by atoms with Crippen molar-refractivity contribution in [3.05, 3.63) is 90.6 Å². The molecule has 0 N–H and O–H groups in total. The minimum absolute atomic E-state index is 0.229. The first-order valence-electron chi connectivity index (χ1n) is 10.0. The highest BCUT2D eigenvalue weighted by atomic mass is 19.4. The Bertz CT molecular complexity index is 1400. The van der Waals surface area contributed by atoms with Crippen LogP contribution in [-0.2, 0) is 19.3 Å². The molecule has 0 unspecified atom stereocenters. The fourth-order valence-electron chi connectivity index (χ4n) is 3.47. The van der Waals surface area contributed by atoms with Crippen LogP contribution in [0.3, 0.4) is 0 Å². The third-order valence-electron chi connectivity index (χ3n) is 5.00. The fraction of sp³-hybridized carbons (Fsp3) is 0.318. The average Bonchev–Trinajstić information content (AvgIpc) is 2.75. The van der Waals surface area contributed by atoms with Crippen molar-refractivity contribution in [2.75, 3.05) is 7.11 Å². The molecule has 3 aromatic rings. The third-order valence-corrected chi connectivity index (χ3v) is 5.00. The van der Waals surface area contributed by atoms with Gasteiger partial charge in [-0.1, -0.05) is 26.0 Å². The van der Waals surface area contributed by atoms with Gasteiger partial charge in [-0.25, -0.2) is 36.9 Å². The van der Waals surface area contributed by atoms with Crippen LogP contribution in [0.5, 0.6) is 5.75 Å². The molecule has 1 aromatic heterocycles. The Morgan fingerprint density at radius 3 is 2.12 bits per heavy atom. The second kappa shape index (κ2) is 9.27.